The quantitative estimate of drug-likeness (QED) is 0.862. The highest BCUT2D eigenvalue weighted by molar-refractivity contribution is 7.10. The Kier molecular flexibility index (Phi) is 2.76. The van der Waals surface area contributed by atoms with Gasteiger partial charge in [0, 0.05) is 22.3 Å². The van der Waals surface area contributed by atoms with E-state index in [0.29, 0.717) is 5.54 Å². The minimum Gasteiger partial charge on any atom is -0.306 e. The van der Waals surface area contributed by atoms with Crippen molar-refractivity contribution < 1.29 is 0 Å². The van der Waals surface area contributed by atoms with Crippen LogP contribution in [0.15, 0.2) is 11.4 Å². The smallest absolute Gasteiger partial charge is 0.0516 e. The third-order valence-electron chi connectivity index (χ3n) is 5.30. The maximum absolute atomic E-state index is 6.00. The lowest BCUT2D eigenvalue weighted by atomic mass is 9.53. The highest BCUT2D eigenvalue weighted by atomic mass is 35.5. The Morgan fingerprint density at radius 1 is 1.17 bits per heavy atom. The molecule has 18 heavy (non-hydrogen) atoms. The Hall–Kier alpha value is -0.0500. The molecule has 5 rings (SSSR count). The van der Waals surface area contributed by atoms with Crippen molar-refractivity contribution >= 4 is 22.9 Å². The van der Waals surface area contributed by atoms with E-state index < -0.39 is 0 Å². The summed E-state index contributed by atoms with van der Waals surface area (Å²) in [5, 5.41) is 6.84. The van der Waals surface area contributed by atoms with Gasteiger partial charge in [-0.05, 0) is 62.3 Å². The van der Waals surface area contributed by atoms with Crippen LogP contribution in [-0.4, -0.2) is 5.54 Å². The number of rotatable bonds is 3. The molecule has 1 aromatic rings. The van der Waals surface area contributed by atoms with Gasteiger partial charge in [-0.2, -0.15) is 0 Å². The van der Waals surface area contributed by atoms with Crippen LogP contribution in [0.25, 0.3) is 0 Å². The van der Waals surface area contributed by atoms with Crippen molar-refractivity contribution in [2.24, 2.45) is 17.8 Å². The van der Waals surface area contributed by atoms with Crippen LogP contribution < -0.4 is 5.32 Å². The average molecular weight is 282 g/mol. The molecule has 0 unspecified atom stereocenters. The van der Waals surface area contributed by atoms with E-state index in [1.807, 2.05) is 5.38 Å². The van der Waals surface area contributed by atoms with Gasteiger partial charge >= 0.3 is 0 Å². The number of nitrogens with one attached hydrogen (secondary N) is 1. The lowest BCUT2D eigenvalue weighted by Crippen LogP contribution is -2.58. The van der Waals surface area contributed by atoms with Crippen LogP contribution in [0, 0.1) is 17.8 Å². The molecule has 98 valence electrons. The third kappa shape index (κ3) is 2.03. The number of thiophene rings is 1. The van der Waals surface area contributed by atoms with Gasteiger partial charge in [-0.3, -0.25) is 0 Å². The van der Waals surface area contributed by atoms with Crippen LogP contribution >= 0.6 is 22.9 Å². The van der Waals surface area contributed by atoms with Crippen LogP contribution in [0.1, 0.15) is 43.4 Å². The predicted octanol–water partition coefficient (Wildman–Crippen LogP) is 4.46. The number of hydrogen-bond acceptors (Lipinski definition) is 2. The van der Waals surface area contributed by atoms with Crippen LogP contribution in [0.2, 0.25) is 5.02 Å². The molecule has 0 radical (unpaired) electrons. The van der Waals surface area contributed by atoms with Crippen molar-refractivity contribution in [1.29, 1.82) is 0 Å². The Morgan fingerprint density at radius 3 is 2.28 bits per heavy atom. The summed E-state index contributed by atoms with van der Waals surface area (Å²) in [4.78, 5) is 1.38. The van der Waals surface area contributed by atoms with Gasteiger partial charge in [0.1, 0.15) is 0 Å². The van der Waals surface area contributed by atoms with E-state index in [0.717, 1.165) is 29.3 Å². The van der Waals surface area contributed by atoms with E-state index in [1.54, 1.807) is 11.3 Å². The zero-order valence-electron chi connectivity index (χ0n) is 10.6. The Morgan fingerprint density at radius 2 is 1.78 bits per heavy atom. The second-order valence-electron chi connectivity index (χ2n) is 6.78. The summed E-state index contributed by atoms with van der Waals surface area (Å²) in [7, 11) is 0. The number of halogens is 1. The predicted molar refractivity (Wildman–Crippen MR) is 77.1 cm³/mol. The normalized spacial score (nSPS) is 41.5. The van der Waals surface area contributed by atoms with Crippen molar-refractivity contribution in [3.05, 3.63) is 21.3 Å². The Balaban J connectivity index is 1.47. The molecule has 0 aromatic carbocycles. The van der Waals surface area contributed by atoms with Gasteiger partial charge in [0.05, 0.1) is 5.02 Å². The molecule has 4 bridgehead atoms. The molecule has 3 heteroatoms. The molecule has 4 aliphatic rings. The van der Waals surface area contributed by atoms with Crippen molar-refractivity contribution in [1.82, 2.24) is 5.32 Å². The molecule has 4 aliphatic carbocycles. The molecular formula is C15H20ClNS. The molecule has 0 aliphatic heterocycles. The van der Waals surface area contributed by atoms with E-state index in [-0.39, 0.29) is 0 Å². The topological polar surface area (TPSA) is 12.0 Å². The molecule has 1 N–H and O–H groups in total. The molecule has 1 aromatic heterocycles. The molecular weight excluding hydrogens is 262 g/mol. The fourth-order valence-corrected chi connectivity index (χ4v) is 6.06. The van der Waals surface area contributed by atoms with Gasteiger partial charge in [-0.25, -0.2) is 0 Å². The number of hydrogen-bond donors (Lipinski definition) is 1. The van der Waals surface area contributed by atoms with E-state index in [9.17, 15) is 0 Å². The standard InChI is InChI=1S/C15H20ClNS/c16-13-4-14(18-9-13)8-17-15-5-10-1-11(6-15)3-12(2-10)7-15/h4,9-12,17H,1-3,5-8H2. The summed E-state index contributed by atoms with van der Waals surface area (Å²) in [5.41, 5.74) is 0.477. The van der Waals surface area contributed by atoms with Crippen LogP contribution in [0.5, 0.6) is 0 Å². The maximum Gasteiger partial charge on any atom is 0.0516 e. The molecule has 1 heterocycles. The second-order valence-corrected chi connectivity index (χ2v) is 8.21. The fourth-order valence-electron chi connectivity index (χ4n) is 5.05. The summed E-state index contributed by atoms with van der Waals surface area (Å²) in [6.07, 6.45) is 8.84. The van der Waals surface area contributed by atoms with E-state index >= 15 is 0 Å². The second kappa shape index (κ2) is 4.22. The first kappa shape index (κ1) is 11.7. The van der Waals surface area contributed by atoms with Gasteiger partial charge in [0.25, 0.3) is 0 Å². The largest absolute Gasteiger partial charge is 0.306 e. The Labute approximate surface area is 118 Å². The van der Waals surface area contributed by atoms with Gasteiger partial charge in [0.15, 0.2) is 0 Å². The molecule has 0 atom stereocenters. The highest BCUT2D eigenvalue weighted by Crippen LogP contribution is 2.55. The van der Waals surface area contributed by atoms with Crippen LogP contribution in [0.3, 0.4) is 0 Å². The summed E-state index contributed by atoms with van der Waals surface area (Å²) < 4.78 is 0. The van der Waals surface area contributed by atoms with Crippen molar-refractivity contribution in [3.63, 3.8) is 0 Å². The molecule has 0 amide bonds. The SMILES string of the molecule is Clc1csc(CNC23CC4CC(CC(C4)C2)C3)c1. The third-order valence-corrected chi connectivity index (χ3v) is 6.58. The van der Waals surface area contributed by atoms with Crippen molar-refractivity contribution in [2.45, 2.75) is 50.6 Å². The first-order valence-electron chi connectivity index (χ1n) is 7.19. The molecule has 0 saturated heterocycles. The summed E-state index contributed by atoms with van der Waals surface area (Å²) in [6.45, 7) is 1.02. The first-order chi connectivity index (χ1) is 8.71. The van der Waals surface area contributed by atoms with Crippen molar-refractivity contribution in [3.8, 4) is 0 Å². The van der Waals surface area contributed by atoms with Crippen LogP contribution in [-0.2, 0) is 6.54 Å². The molecule has 1 nitrogen and oxygen atoms in total. The summed E-state index contributed by atoms with van der Waals surface area (Å²) >= 11 is 7.78. The lowest BCUT2D eigenvalue weighted by Gasteiger charge is -2.57. The maximum atomic E-state index is 6.00. The van der Waals surface area contributed by atoms with E-state index in [4.69, 9.17) is 11.6 Å². The minimum absolute atomic E-state index is 0.477. The summed E-state index contributed by atoms with van der Waals surface area (Å²) in [6, 6.07) is 2.11. The van der Waals surface area contributed by atoms with Crippen LogP contribution in [0.4, 0.5) is 0 Å². The van der Waals surface area contributed by atoms with Crippen molar-refractivity contribution in [2.75, 3.05) is 0 Å². The van der Waals surface area contributed by atoms with Gasteiger partial charge < -0.3 is 5.32 Å². The minimum atomic E-state index is 0.477. The van der Waals surface area contributed by atoms with Gasteiger partial charge in [0.2, 0.25) is 0 Å². The Bertz CT molecular complexity index is 418. The zero-order valence-corrected chi connectivity index (χ0v) is 12.2. The molecule has 4 saturated carbocycles. The first-order valence-corrected chi connectivity index (χ1v) is 8.44. The fraction of sp³-hybridized carbons (Fsp3) is 0.733. The van der Waals surface area contributed by atoms with Gasteiger partial charge in [-0.15, -0.1) is 11.3 Å². The summed E-state index contributed by atoms with van der Waals surface area (Å²) in [5.74, 6) is 3.07. The zero-order chi connectivity index (χ0) is 12.2. The van der Waals surface area contributed by atoms with E-state index in [2.05, 4.69) is 11.4 Å². The van der Waals surface area contributed by atoms with E-state index in [1.165, 1.54) is 43.4 Å². The molecule has 4 fully saturated rings. The van der Waals surface area contributed by atoms with Gasteiger partial charge in [-0.1, -0.05) is 11.6 Å². The highest BCUT2D eigenvalue weighted by Gasteiger charge is 2.50. The monoisotopic (exact) mass is 281 g/mol. The molecule has 0 spiro atoms. The lowest BCUT2D eigenvalue weighted by molar-refractivity contribution is -0.0204. The average Bonchev–Trinajstić information content (AvgIpc) is 2.71.